The maximum absolute atomic E-state index is 13.1. The number of allylic oxidation sites excluding steroid dienone is 4. The molecule has 1 aromatic heterocycles. The van der Waals surface area contributed by atoms with Crippen molar-refractivity contribution in [3.63, 3.8) is 0 Å². The van der Waals surface area contributed by atoms with Crippen molar-refractivity contribution in [2.75, 3.05) is 0 Å². The van der Waals surface area contributed by atoms with Gasteiger partial charge in [-0.3, -0.25) is 9.59 Å². The summed E-state index contributed by atoms with van der Waals surface area (Å²) in [6.07, 6.45) is 20.5. The normalized spacial score (nSPS) is 24.0. The number of aliphatic carboxylic acids is 1. The van der Waals surface area contributed by atoms with Gasteiger partial charge in [0.1, 0.15) is 5.58 Å². The molecular formula is C29H36O4S. The van der Waals surface area contributed by atoms with Crippen LogP contribution in [0.1, 0.15) is 82.6 Å². The highest BCUT2D eigenvalue weighted by molar-refractivity contribution is 8.13. The number of hydrogen-bond donors (Lipinski definition) is 1. The van der Waals surface area contributed by atoms with E-state index in [1.165, 1.54) is 17.3 Å². The van der Waals surface area contributed by atoms with Gasteiger partial charge in [-0.2, -0.15) is 0 Å². The third kappa shape index (κ3) is 5.68. The van der Waals surface area contributed by atoms with E-state index in [-0.39, 0.29) is 12.3 Å². The SMILES string of the molecule is CC/C=C\CC1C(C/C=C\CCCCCCCC(=O)O)C2c3cc4ccoc4cc3SC(=O)C12. The third-order valence-corrected chi connectivity index (χ3v) is 8.48. The molecule has 4 rings (SSSR count). The summed E-state index contributed by atoms with van der Waals surface area (Å²) in [5.41, 5.74) is 2.19. The number of carbonyl (C=O) groups excluding carboxylic acids is 1. The summed E-state index contributed by atoms with van der Waals surface area (Å²) in [6, 6.07) is 6.32. The Hall–Kier alpha value is -2.27. The fourth-order valence-corrected chi connectivity index (χ4v) is 6.85. The Morgan fingerprint density at radius 2 is 1.74 bits per heavy atom. The van der Waals surface area contributed by atoms with E-state index in [1.54, 1.807) is 6.26 Å². The van der Waals surface area contributed by atoms with E-state index in [9.17, 15) is 9.59 Å². The molecule has 1 fully saturated rings. The van der Waals surface area contributed by atoms with Gasteiger partial charge in [0.2, 0.25) is 0 Å². The van der Waals surface area contributed by atoms with Crippen molar-refractivity contribution in [2.24, 2.45) is 17.8 Å². The number of unbranched alkanes of at least 4 members (excludes halogenated alkanes) is 5. The molecule has 1 aliphatic carbocycles. The molecule has 0 saturated heterocycles. The van der Waals surface area contributed by atoms with Crippen LogP contribution in [0.15, 0.2) is 58.1 Å². The van der Waals surface area contributed by atoms with Gasteiger partial charge in [0.25, 0.3) is 0 Å². The van der Waals surface area contributed by atoms with Crippen molar-refractivity contribution < 1.29 is 19.1 Å². The number of rotatable bonds is 13. The predicted octanol–water partition coefficient (Wildman–Crippen LogP) is 8.13. The molecule has 0 spiro atoms. The lowest BCUT2D eigenvalue weighted by atomic mass is 9.52. The Kier molecular flexibility index (Phi) is 8.71. The second-order valence-electron chi connectivity index (χ2n) is 9.67. The number of benzene rings is 1. The number of thioether (sulfide) groups is 1. The van der Waals surface area contributed by atoms with E-state index in [1.807, 2.05) is 6.07 Å². The molecule has 1 aliphatic heterocycles. The summed E-state index contributed by atoms with van der Waals surface area (Å²) in [5, 5.41) is 10.1. The molecule has 2 aliphatic rings. The number of carboxylic acid groups (broad SMARTS) is 1. The molecule has 4 nitrogen and oxygen atoms in total. The first-order chi connectivity index (χ1) is 16.6. The monoisotopic (exact) mass is 480 g/mol. The van der Waals surface area contributed by atoms with Gasteiger partial charge in [-0.1, -0.05) is 62.3 Å². The second kappa shape index (κ2) is 11.9. The molecule has 0 radical (unpaired) electrons. The average Bonchev–Trinajstić information content (AvgIpc) is 3.25. The summed E-state index contributed by atoms with van der Waals surface area (Å²) < 4.78 is 5.59. The third-order valence-electron chi connectivity index (χ3n) is 7.43. The van der Waals surface area contributed by atoms with Crippen molar-refractivity contribution in [1.82, 2.24) is 0 Å². The Balaban J connectivity index is 1.37. The van der Waals surface area contributed by atoms with Crippen LogP contribution in [0.5, 0.6) is 0 Å². The fraction of sp³-hybridized carbons (Fsp3) is 0.517. The first kappa shape index (κ1) is 24.8. The zero-order valence-electron chi connectivity index (χ0n) is 20.1. The van der Waals surface area contributed by atoms with Gasteiger partial charge < -0.3 is 9.52 Å². The predicted molar refractivity (Wildman–Crippen MR) is 138 cm³/mol. The van der Waals surface area contributed by atoms with Gasteiger partial charge in [-0.15, -0.1) is 0 Å². The molecule has 5 heteroatoms. The Morgan fingerprint density at radius 1 is 1.00 bits per heavy atom. The minimum Gasteiger partial charge on any atom is -0.481 e. The zero-order valence-corrected chi connectivity index (χ0v) is 20.9. The Bertz CT molecular complexity index is 1050. The maximum Gasteiger partial charge on any atom is 0.303 e. The van der Waals surface area contributed by atoms with Crippen LogP contribution >= 0.6 is 11.8 Å². The zero-order chi connectivity index (χ0) is 23.9. The van der Waals surface area contributed by atoms with Crippen LogP contribution in [0.4, 0.5) is 0 Å². The first-order valence-electron chi connectivity index (χ1n) is 12.8. The molecule has 1 N–H and O–H groups in total. The van der Waals surface area contributed by atoms with Crippen LogP contribution in [0.3, 0.4) is 0 Å². The van der Waals surface area contributed by atoms with Crippen LogP contribution in [-0.4, -0.2) is 16.2 Å². The molecule has 2 heterocycles. The number of carbonyl (C=O) groups is 2. The highest BCUT2D eigenvalue weighted by atomic mass is 32.2. The molecule has 0 bridgehead atoms. The number of fused-ring (bicyclic) bond motifs is 4. The molecule has 0 amide bonds. The highest BCUT2D eigenvalue weighted by Gasteiger charge is 2.55. The summed E-state index contributed by atoms with van der Waals surface area (Å²) in [4.78, 5) is 24.7. The molecular weight excluding hydrogens is 444 g/mol. The lowest BCUT2D eigenvalue weighted by molar-refractivity contribution is -0.137. The van der Waals surface area contributed by atoms with Crippen molar-refractivity contribution >= 4 is 33.8 Å². The van der Waals surface area contributed by atoms with Crippen molar-refractivity contribution in [3.8, 4) is 0 Å². The molecule has 1 saturated carbocycles. The molecule has 2 aromatic rings. The van der Waals surface area contributed by atoms with E-state index in [4.69, 9.17) is 9.52 Å². The summed E-state index contributed by atoms with van der Waals surface area (Å²) >= 11 is 1.41. The van der Waals surface area contributed by atoms with Crippen molar-refractivity contribution in [3.05, 3.63) is 54.3 Å². The number of carboxylic acids is 1. The van der Waals surface area contributed by atoms with Crippen LogP contribution < -0.4 is 0 Å². The van der Waals surface area contributed by atoms with E-state index < -0.39 is 5.97 Å². The van der Waals surface area contributed by atoms with Gasteiger partial charge in [0.15, 0.2) is 5.12 Å². The van der Waals surface area contributed by atoms with Crippen LogP contribution in [-0.2, 0) is 9.59 Å². The minimum atomic E-state index is -0.695. The molecule has 4 unspecified atom stereocenters. The van der Waals surface area contributed by atoms with Gasteiger partial charge in [0.05, 0.1) is 6.26 Å². The summed E-state index contributed by atoms with van der Waals surface area (Å²) in [7, 11) is 0. The number of hydrogen-bond acceptors (Lipinski definition) is 4. The summed E-state index contributed by atoms with van der Waals surface area (Å²) in [5.74, 6) is 0.640. The van der Waals surface area contributed by atoms with E-state index in [0.717, 1.165) is 73.7 Å². The molecule has 1 aromatic carbocycles. The van der Waals surface area contributed by atoms with Crippen LogP contribution in [0.2, 0.25) is 0 Å². The maximum atomic E-state index is 13.1. The average molecular weight is 481 g/mol. The van der Waals surface area contributed by atoms with Crippen LogP contribution in [0.25, 0.3) is 11.0 Å². The van der Waals surface area contributed by atoms with Crippen molar-refractivity contribution in [2.45, 2.75) is 81.9 Å². The lowest BCUT2D eigenvalue weighted by Crippen LogP contribution is -2.49. The Labute approximate surface area is 206 Å². The molecule has 182 valence electrons. The highest BCUT2D eigenvalue weighted by Crippen LogP contribution is 2.62. The van der Waals surface area contributed by atoms with Gasteiger partial charge in [0, 0.05) is 22.6 Å². The Morgan fingerprint density at radius 3 is 2.53 bits per heavy atom. The van der Waals surface area contributed by atoms with Crippen molar-refractivity contribution in [1.29, 1.82) is 0 Å². The van der Waals surface area contributed by atoms with E-state index >= 15 is 0 Å². The fourth-order valence-electron chi connectivity index (χ4n) is 5.70. The first-order valence-corrected chi connectivity index (χ1v) is 13.7. The second-order valence-corrected chi connectivity index (χ2v) is 10.7. The van der Waals surface area contributed by atoms with Gasteiger partial charge in [-0.25, -0.2) is 0 Å². The lowest BCUT2D eigenvalue weighted by Gasteiger charge is -2.53. The van der Waals surface area contributed by atoms with Gasteiger partial charge in [-0.05, 0) is 80.0 Å². The molecule has 34 heavy (non-hydrogen) atoms. The van der Waals surface area contributed by atoms with E-state index in [2.05, 4.69) is 43.4 Å². The molecule has 4 atom stereocenters. The smallest absolute Gasteiger partial charge is 0.303 e. The standard InChI is InChI=1S/C29H36O4S/c1-2-3-10-13-22-21(14-11-8-6-4-5-7-9-12-15-26(30)31)27-23-18-20-16-17-33-24(20)19-25(23)34-29(32)28(22)27/h3,8,10-11,16-19,21-22,27-28H,2,4-7,9,12-15H2,1H3,(H,30,31)/b10-3-,11-8-. The van der Waals surface area contributed by atoms with Gasteiger partial charge >= 0.3 is 5.97 Å². The summed E-state index contributed by atoms with van der Waals surface area (Å²) in [6.45, 7) is 2.15. The van der Waals surface area contributed by atoms with Crippen LogP contribution in [0, 0.1) is 17.8 Å². The minimum absolute atomic E-state index is 0.118. The quantitative estimate of drug-likeness (QED) is 0.231. The topological polar surface area (TPSA) is 67.5 Å². The largest absolute Gasteiger partial charge is 0.481 e. The van der Waals surface area contributed by atoms with E-state index in [0.29, 0.717) is 22.9 Å². The number of furan rings is 1.